The van der Waals surface area contributed by atoms with E-state index in [0.29, 0.717) is 27.6 Å². The molecule has 0 unspecified atom stereocenters. The zero-order chi connectivity index (χ0) is 17.6. The van der Waals surface area contributed by atoms with E-state index in [9.17, 15) is 14.7 Å². The third-order valence-electron chi connectivity index (χ3n) is 3.91. The Morgan fingerprint density at radius 3 is 2.71 bits per heavy atom. The molecule has 0 aliphatic rings. The van der Waals surface area contributed by atoms with Gasteiger partial charge in [-0.05, 0) is 37.6 Å². The lowest BCUT2D eigenvalue weighted by atomic mass is 10.1. The van der Waals surface area contributed by atoms with Crippen LogP contribution in [0.2, 0.25) is 5.02 Å². The number of hydrogen-bond donors (Lipinski definition) is 2. The molecule has 8 heteroatoms. The van der Waals surface area contributed by atoms with Gasteiger partial charge in [0.05, 0.1) is 23.4 Å². The molecule has 2 heterocycles. The summed E-state index contributed by atoms with van der Waals surface area (Å²) in [6, 6.07) is 4.98. The number of carbonyl (C=O) groups is 1. The molecule has 0 aliphatic carbocycles. The van der Waals surface area contributed by atoms with Crippen molar-refractivity contribution < 1.29 is 14.6 Å². The van der Waals surface area contributed by atoms with Crippen molar-refractivity contribution in [3.05, 3.63) is 50.4 Å². The van der Waals surface area contributed by atoms with Crippen molar-refractivity contribution in [1.29, 1.82) is 0 Å². The minimum absolute atomic E-state index is 0.0823. The van der Waals surface area contributed by atoms with Crippen molar-refractivity contribution in [1.82, 2.24) is 14.6 Å². The van der Waals surface area contributed by atoms with E-state index in [1.54, 1.807) is 32.0 Å². The highest BCUT2D eigenvalue weighted by atomic mass is 35.5. The lowest BCUT2D eigenvalue weighted by molar-refractivity contribution is 0.0695. The quantitative estimate of drug-likeness (QED) is 0.759. The number of ether oxygens (including phenoxy) is 1. The Hall–Kier alpha value is -2.80. The molecular weight excluding hydrogens is 334 g/mol. The Balaban J connectivity index is 2.31. The lowest BCUT2D eigenvalue weighted by Crippen LogP contribution is -2.14. The second kappa shape index (κ2) is 5.68. The summed E-state index contributed by atoms with van der Waals surface area (Å²) in [6.45, 7) is 3.20. The minimum atomic E-state index is -1.09. The number of fused-ring (bicyclic) bond motifs is 1. The van der Waals surface area contributed by atoms with Crippen LogP contribution < -0.4 is 10.3 Å². The highest BCUT2D eigenvalue weighted by molar-refractivity contribution is 6.32. The topological polar surface area (TPSA) is 96.7 Å². The highest BCUT2D eigenvalue weighted by Gasteiger charge is 2.21. The number of H-pyrrole nitrogens is 1. The number of halogens is 1. The van der Waals surface area contributed by atoms with Gasteiger partial charge in [0.2, 0.25) is 0 Å². The first kappa shape index (κ1) is 16.1. The summed E-state index contributed by atoms with van der Waals surface area (Å²) >= 11 is 6.01. The fourth-order valence-electron chi connectivity index (χ4n) is 2.76. The van der Waals surface area contributed by atoms with Crippen molar-refractivity contribution in [3.8, 4) is 17.1 Å². The largest absolute Gasteiger partial charge is 0.495 e. The van der Waals surface area contributed by atoms with Gasteiger partial charge in [0.15, 0.2) is 5.82 Å². The van der Waals surface area contributed by atoms with Crippen molar-refractivity contribution >= 4 is 23.1 Å². The van der Waals surface area contributed by atoms with Gasteiger partial charge < -0.3 is 14.8 Å². The molecule has 0 bridgehead atoms. The van der Waals surface area contributed by atoms with E-state index in [2.05, 4.69) is 10.1 Å². The zero-order valence-corrected chi connectivity index (χ0v) is 13.9. The summed E-state index contributed by atoms with van der Waals surface area (Å²) in [4.78, 5) is 26.5. The van der Waals surface area contributed by atoms with Crippen molar-refractivity contribution in [2.75, 3.05) is 7.11 Å². The van der Waals surface area contributed by atoms with Crippen molar-refractivity contribution in [3.63, 3.8) is 0 Å². The van der Waals surface area contributed by atoms with Gasteiger partial charge >= 0.3 is 5.97 Å². The molecule has 0 amide bonds. The van der Waals surface area contributed by atoms with Gasteiger partial charge in [0, 0.05) is 5.56 Å². The van der Waals surface area contributed by atoms with Crippen LogP contribution in [-0.2, 0) is 0 Å². The number of methoxy groups -OCH3 is 1. The maximum absolute atomic E-state index is 12.4. The van der Waals surface area contributed by atoms with E-state index in [-0.39, 0.29) is 16.9 Å². The third-order valence-corrected chi connectivity index (χ3v) is 4.22. The number of aromatic carboxylic acids is 1. The fraction of sp³-hybridized carbons (Fsp3) is 0.188. The van der Waals surface area contributed by atoms with Crippen LogP contribution in [0.1, 0.15) is 21.6 Å². The summed E-state index contributed by atoms with van der Waals surface area (Å²) in [7, 11) is 1.49. The second-order valence-electron chi connectivity index (χ2n) is 5.30. The minimum Gasteiger partial charge on any atom is -0.495 e. The van der Waals surface area contributed by atoms with Gasteiger partial charge in [-0.15, -0.1) is 5.10 Å². The van der Waals surface area contributed by atoms with Crippen molar-refractivity contribution in [2.45, 2.75) is 13.8 Å². The SMILES string of the molecule is COc1cc(-c2nn3c(C)c(C(=O)O)c(C)c3c(=O)[nH]2)ccc1Cl. The molecule has 0 fully saturated rings. The number of carboxylic acids is 1. The van der Waals surface area contributed by atoms with Gasteiger partial charge in [0.25, 0.3) is 5.56 Å². The molecule has 0 saturated carbocycles. The Morgan fingerprint density at radius 2 is 2.08 bits per heavy atom. The zero-order valence-electron chi connectivity index (χ0n) is 13.2. The van der Waals surface area contributed by atoms with Crippen LogP contribution >= 0.6 is 11.6 Å². The van der Waals surface area contributed by atoms with Crippen LogP contribution in [0.25, 0.3) is 16.9 Å². The lowest BCUT2D eigenvalue weighted by Gasteiger charge is -2.07. The van der Waals surface area contributed by atoms with E-state index in [1.165, 1.54) is 11.6 Å². The van der Waals surface area contributed by atoms with Crippen LogP contribution in [0.5, 0.6) is 5.75 Å². The molecule has 0 atom stereocenters. The van der Waals surface area contributed by atoms with E-state index in [1.807, 2.05) is 0 Å². The van der Waals surface area contributed by atoms with Gasteiger partial charge in [0.1, 0.15) is 11.3 Å². The summed E-state index contributed by atoms with van der Waals surface area (Å²) in [5.41, 5.74) is 1.26. The fourth-order valence-corrected chi connectivity index (χ4v) is 2.95. The Kier molecular flexibility index (Phi) is 3.81. The monoisotopic (exact) mass is 347 g/mol. The Bertz CT molecular complexity index is 1040. The molecule has 24 heavy (non-hydrogen) atoms. The Morgan fingerprint density at radius 1 is 1.38 bits per heavy atom. The van der Waals surface area contributed by atoms with E-state index >= 15 is 0 Å². The van der Waals surface area contributed by atoms with Gasteiger partial charge in [-0.25, -0.2) is 9.31 Å². The molecule has 2 aromatic heterocycles. The predicted molar refractivity (Wildman–Crippen MR) is 89.2 cm³/mol. The summed E-state index contributed by atoms with van der Waals surface area (Å²) < 4.78 is 6.52. The number of aromatic nitrogens is 3. The van der Waals surface area contributed by atoms with E-state index < -0.39 is 11.5 Å². The highest BCUT2D eigenvalue weighted by Crippen LogP contribution is 2.29. The summed E-state index contributed by atoms with van der Waals surface area (Å²) in [5, 5.41) is 14.1. The number of rotatable bonds is 3. The molecule has 0 saturated heterocycles. The Labute approximate surface area is 141 Å². The average molecular weight is 348 g/mol. The standard InChI is InChI=1S/C16H14ClN3O4/c1-7-12(16(22)23)8(2)20-13(7)15(21)18-14(19-20)9-4-5-10(17)11(6-9)24-3/h4-6H,1-3H3,(H,22,23)(H,18,19,21). The van der Waals surface area contributed by atoms with Crippen LogP contribution in [0.3, 0.4) is 0 Å². The number of aromatic amines is 1. The number of nitrogens with one attached hydrogen (secondary N) is 1. The van der Waals surface area contributed by atoms with Crippen molar-refractivity contribution in [2.24, 2.45) is 0 Å². The number of nitrogens with zero attached hydrogens (tertiary/aromatic N) is 2. The molecule has 3 aromatic rings. The summed E-state index contributed by atoms with van der Waals surface area (Å²) in [6.07, 6.45) is 0. The third kappa shape index (κ3) is 2.33. The van der Waals surface area contributed by atoms with Crippen LogP contribution in [0.15, 0.2) is 23.0 Å². The maximum Gasteiger partial charge on any atom is 0.337 e. The molecular formula is C16H14ClN3O4. The smallest absolute Gasteiger partial charge is 0.337 e. The normalized spacial score (nSPS) is 11.0. The average Bonchev–Trinajstić information content (AvgIpc) is 2.79. The number of aryl methyl sites for hydroxylation is 2. The second-order valence-corrected chi connectivity index (χ2v) is 5.71. The molecule has 7 nitrogen and oxygen atoms in total. The first-order chi connectivity index (χ1) is 11.3. The number of benzene rings is 1. The van der Waals surface area contributed by atoms with Crippen LogP contribution in [0, 0.1) is 13.8 Å². The molecule has 3 rings (SSSR count). The first-order valence-corrected chi connectivity index (χ1v) is 7.42. The van der Waals surface area contributed by atoms with Gasteiger partial charge in [-0.1, -0.05) is 11.6 Å². The van der Waals surface area contributed by atoms with Gasteiger partial charge in [-0.2, -0.15) is 0 Å². The first-order valence-electron chi connectivity index (χ1n) is 7.04. The van der Waals surface area contributed by atoms with Crippen LogP contribution in [-0.4, -0.2) is 32.8 Å². The van der Waals surface area contributed by atoms with E-state index in [0.717, 1.165) is 0 Å². The summed E-state index contributed by atoms with van der Waals surface area (Å²) in [5.74, 6) is -0.356. The number of carboxylic acid groups (broad SMARTS) is 1. The number of hydrogen-bond acceptors (Lipinski definition) is 4. The molecule has 0 aliphatic heterocycles. The van der Waals surface area contributed by atoms with Gasteiger partial charge in [-0.3, -0.25) is 4.79 Å². The maximum atomic E-state index is 12.4. The molecule has 1 aromatic carbocycles. The van der Waals surface area contributed by atoms with E-state index in [4.69, 9.17) is 16.3 Å². The molecule has 124 valence electrons. The molecule has 2 N–H and O–H groups in total. The molecule has 0 spiro atoms. The predicted octanol–water partition coefficient (Wildman–Crippen LogP) is 2.67. The van der Waals surface area contributed by atoms with Crippen LogP contribution in [0.4, 0.5) is 0 Å². The molecule has 0 radical (unpaired) electrons.